The molecular formula is C17H19N3O. The standard InChI is InChI=1S/C17H19N3O/c18-17(21)14-8-16(19-15-7-2-1-6-13(14)15)20-9-11-4-3-5-12(11)10-20/h1-2,6-8,11-12H,3-5,9-10H2,(H2,18,21)/t11-,12+. The molecule has 21 heavy (non-hydrogen) atoms. The van der Waals surface area contributed by atoms with Crippen LogP contribution in [0.4, 0.5) is 5.82 Å². The fraction of sp³-hybridized carbons (Fsp3) is 0.412. The molecule has 2 N–H and O–H groups in total. The molecule has 2 aliphatic rings. The van der Waals surface area contributed by atoms with Crippen LogP contribution in [-0.2, 0) is 0 Å². The summed E-state index contributed by atoms with van der Waals surface area (Å²) in [6.07, 6.45) is 4.02. The Kier molecular flexibility index (Phi) is 2.84. The summed E-state index contributed by atoms with van der Waals surface area (Å²) in [6, 6.07) is 9.58. The average Bonchev–Trinajstić information content (AvgIpc) is 3.07. The number of anilines is 1. The van der Waals surface area contributed by atoms with E-state index in [4.69, 9.17) is 10.7 Å². The molecular weight excluding hydrogens is 262 g/mol. The number of aromatic nitrogens is 1. The lowest BCUT2D eigenvalue weighted by Crippen LogP contribution is -2.23. The van der Waals surface area contributed by atoms with E-state index in [9.17, 15) is 4.79 Å². The van der Waals surface area contributed by atoms with Crippen LogP contribution < -0.4 is 10.6 Å². The zero-order chi connectivity index (χ0) is 14.4. The van der Waals surface area contributed by atoms with Gasteiger partial charge in [-0.3, -0.25) is 4.79 Å². The number of hydrogen-bond donors (Lipinski definition) is 1. The molecule has 4 nitrogen and oxygen atoms in total. The molecule has 2 fully saturated rings. The molecule has 2 atom stereocenters. The van der Waals surface area contributed by atoms with Gasteiger partial charge in [-0.2, -0.15) is 0 Å². The molecule has 1 saturated carbocycles. The van der Waals surface area contributed by atoms with Gasteiger partial charge in [0, 0.05) is 18.5 Å². The number of amides is 1. The van der Waals surface area contributed by atoms with E-state index in [1.54, 1.807) is 0 Å². The fourth-order valence-electron chi connectivity index (χ4n) is 3.95. The third-order valence-electron chi connectivity index (χ3n) is 5.02. The van der Waals surface area contributed by atoms with Crippen LogP contribution in [0, 0.1) is 11.8 Å². The van der Waals surface area contributed by atoms with E-state index in [2.05, 4.69) is 4.90 Å². The van der Waals surface area contributed by atoms with Gasteiger partial charge in [-0.15, -0.1) is 0 Å². The molecule has 1 aromatic carbocycles. The number of rotatable bonds is 2. The van der Waals surface area contributed by atoms with E-state index < -0.39 is 0 Å². The summed E-state index contributed by atoms with van der Waals surface area (Å²) in [5.41, 5.74) is 6.98. The minimum Gasteiger partial charge on any atom is -0.366 e. The molecule has 2 heterocycles. The van der Waals surface area contributed by atoms with E-state index in [1.807, 2.05) is 30.3 Å². The molecule has 1 aliphatic carbocycles. The lowest BCUT2D eigenvalue weighted by Gasteiger charge is -2.19. The second-order valence-electron chi connectivity index (χ2n) is 6.27. The van der Waals surface area contributed by atoms with Gasteiger partial charge in [0.05, 0.1) is 11.1 Å². The quantitative estimate of drug-likeness (QED) is 0.920. The van der Waals surface area contributed by atoms with Crippen LogP contribution in [0.2, 0.25) is 0 Å². The summed E-state index contributed by atoms with van der Waals surface area (Å²) >= 11 is 0. The molecule has 1 aliphatic heterocycles. The molecule has 0 radical (unpaired) electrons. The highest BCUT2D eigenvalue weighted by Crippen LogP contribution is 2.39. The molecule has 1 saturated heterocycles. The van der Waals surface area contributed by atoms with Crippen molar-refractivity contribution < 1.29 is 4.79 Å². The van der Waals surface area contributed by atoms with E-state index >= 15 is 0 Å². The van der Waals surface area contributed by atoms with Gasteiger partial charge in [0.15, 0.2) is 0 Å². The van der Waals surface area contributed by atoms with Gasteiger partial charge >= 0.3 is 0 Å². The van der Waals surface area contributed by atoms with Crippen LogP contribution in [0.5, 0.6) is 0 Å². The average molecular weight is 281 g/mol. The minimum absolute atomic E-state index is 0.380. The van der Waals surface area contributed by atoms with Gasteiger partial charge in [0.2, 0.25) is 5.91 Å². The maximum absolute atomic E-state index is 11.8. The zero-order valence-electron chi connectivity index (χ0n) is 12.0. The topological polar surface area (TPSA) is 59.2 Å². The Morgan fingerprint density at radius 3 is 2.62 bits per heavy atom. The lowest BCUT2D eigenvalue weighted by molar-refractivity contribution is 0.100. The van der Waals surface area contributed by atoms with E-state index in [0.717, 1.165) is 41.6 Å². The first-order valence-electron chi connectivity index (χ1n) is 7.67. The number of benzene rings is 1. The van der Waals surface area contributed by atoms with Crippen molar-refractivity contribution in [3.05, 3.63) is 35.9 Å². The molecule has 2 aromatic rings. The van der Waals surface area contributed by atoms with Crippen molar-refractivity contribution >= 4 is 22.6 Å². The van der Waals surface area contributed by atoms with Crippen molar-refractivity contribution in [3.8, 4) is 0 Å². The lowest BCUT2D eigenvalue weighted by atomic mass is 10.0. The second-order valence-corrected chi connectivity index (χ2v) is 6.27. The van der Waals surface area contributed by atoms with Crippen molar-refractivity contribution in [1.82, 2.24) is 4.98 Å². The van der Waals surface area contributed by atoms with Gasteiger partial charge in [0.1, 0.15) is 5.82 Å². The molecule has 108 valence electrons. The summed E-state index contributed by atoms with van der Waals surface area (Å²) in [5.74, 6) is 2.12. The Labute approximate surface area is 124 Å². The van der Waals surface area contributed by atoms with Crippen LogP contribution >= 0.6 is 0 Å². The summed E-state index contributed by atoms with van der Waals surface area (Å²) in [7, 11) is 0. The zero-order valence-corrected chi connectivity index (χ0v) is 12.0. The molecule has 4 heteroatoms. The largest absolute Gasteiger partial charge is 0.366 e. The molecule has 4 rings (SSSR count). The maximum Gasteiger partial charge on any atom is 0.249 e. The highest BCUT2D eigenvalue weighted by molar-refractivity contribution is 6.06. The Balaban J connectivity index is 1.77. The Bertz CT molecular complexity index is 700. The SMILES string of the molecule is NC(=O)c1cc(N2C[C@H]3CCC[C@H]3C2)nc2ccccc12. The number of nitrogens with two attached hydrogens (primary N) is 1. The van der Waals surface area contributed by atoms with Crippen molar-refractivity contribution in [1.29, 1.82) is 0 Å². The molecule has 1 aromatic heterocycles. The van der Waals surface area contributed by atoms with Crippen molar-refractivity contribution in [3.63, 3.8) is 0 Å². The van der Waals surface area contributed by atoms with Gasteiger partial charge < -0.3 is 10.6 Å². The summed E-state index contributed by atoms with van der Waals surface area (Å²) < 4.78 is 0. The monoisotopic (exact) mass is 281 g/mol. The number of carbonyl (C=O) groups is 1. The first-order chi connectivity index (χ1) is 10.2. The highest BCUT2D eigenvalue weighted by Gasteiger charge is 2.36. The van der Waals surface area contributed by atoms with Crippen molar-refractivity contribution in [2.75, 3.05) is 18.0 Å². The second kappa shape index (κ2) is 4.72. The molecule has 0 spiro atoms. The number of para-hydroxylation sites is 1. The summed E-state index contributed by atoms with van der Waals surface area (Å²) in [6.45, 7) is 2.13. The highest BCUT2D eigenvalue weighted by atomic mass is 16.1. The summed E-state index contributed by atoms with van der Waals surface area (Å²) in [4.78, 5) is 18.8. The minimum atomic E-state index is -0.380. The molecule has 1 amide bonds. The number of fused-ring (bicyclic) bond motifs is 2. The first-order valence-corrected chi connectivity index (χ1v) is 7.67. The van der Waals surface area contributed by atoms with Crippen LogP contribution in [0.15, 0.2) is 30.3 Å². The molecule has 0 unspecified atom stereocenters. The summed E-state index contributed by atoms with van der Waals surface area (Å²) in [5, 5.41) is 0.841. The number of carbonyl (C=O) groups excluding carboxylic acids is 1. The smallest absolute Gasteiger partial charge is 0.249 e. The number of hydrogen-bond acceptors (Lipinski definition) is 3. The Morgan fingerprint density at radius 2 is 1.90 bits per heavy atom. The first kappa shape index (κ1) is 12.6. The third kappa shape index (κ3) is 2.06. The van der Waals surface area contributed by atoms with E-state index in [-0.39, 0.29) is 5.91 Å². The van der Waals surface area contributed by atoms with E-state index in [0.29, 0.717) is 5.56 Å². The number of nitrogens with zero attached hydrogens (tertiary/aromatic N) is 2. The number of pyridine rings is 1. The van der Waals surface area contributed by atoms with Gasteiger partial charge in [-0.1, -0.05) is 24.6 Å². The van der Waals surface area contributed by atoms with Crippen LogP contribution in [-0.4, -0.2) is 24.0 Å². The van der Waals surface area contributed by atoms with E-state index in [1.165, 1.54) is 19.3 Å². The normalized spacial score (nSPS) is 24.5. The van der Waals surface area contributed by atoms with Gasteiger partial charge in [-0.05, 0) is 36.8 Å². The van der Waals surface area contributed by atoms with Crippen LogP contribution in [0.3, 0.4) is 0 Å². The van der Waals surface area contributed by atoms with Crippen LogP contribution in [0.25, 0.3) is 10.9 Å². The fourth-order valence-corrected chi connectivity index (χ4v) is 3.95. The van der Waals surface area contributed by atoms with Gasteiger partial charge in [-0.25, -0.2) is 4.98 Å². The number of primary amides is 1. The predicted octanol–water partition coefficient (Wildman–Crippen LogP) is 2.57. The molecule has 0 bridgehead atoms. The Hall–Kier alpha value is -2.10. The van der Waals surface area contributed by atoms with Crippen LogP contribution in [0.1, 0.15) is 29.6 Å². The van der Waals surface area contributed by atoms with Crippen molar-refractivity contribution in [2.45, 2.75) is 19.3 Å². The maximum atomic E-state index is 11.8. The predicted molar refractivity (Wildman–Crippen MR) is 83.3 cm³/mol. The third-order valence-corrected chi connectivity index (χ3v) is 5.02. The van der Waals surface area contributed by atoms with Crippen molar-refractivity contribution in [2.24, 2.45) is 17.6 Å². The van der Waals surface area contributed by atoms with Gasteiger partial charge in [0.25, 0.3) is 0 Å². The Morgan fingerprint density at radius 1 is 1.19 bits per heavy atom.